The molecular weight excluding hydrogens is 534 g/mol. The average Bonchev–Trinajstić information content (AvgIpc) is 3.67. The number of benzene rings is 2. The van der Waals surface area contributed by atoms with Crippen molar-refractivity contribution in [2.75, 3.05) is 19.0 Å². The molecule has 0 aliphatic carbocycles. The standard InChI is InChI=1S/C30H31N9O3/c1-19-7-11-26(39-18-33-37-38-39)21(14-19)9-12-27(40)34-23-6-4-3-5-13-32-24-15-20(16-28(41)42-2)8-10-22(24)29-25(17-31)35-30(23)36-29/h7-12,14-15,18,23,32H,3-6,13,16H2,1-2H3,(H,34,40)(H,35,36)/b12-9+/t23-/m0/s1. The van der Waals surface area contributed by atoms with Gasteiger partial charge in [0, 0.05) is 29.4 Å². The number of rotatable bonds is 6. The molecule has 4 aromatic rings. The first-order chi connectivity index (χ1) is 20.4. The van der Waals surface area contributed by atoms with Crippen LogP contribution in [0.15, 0.2) is 48.8 Å². The fraction of sp³-hybridized carbons (Fsp3) is 0.300. The van der Waals surface area contributed by atoms with Crippen molar-refractivity contribution in [3.8, 4) is 23.0 Å². The lowest BCUT2D eigenvalue weighted by Gasteiger charge is -2.18. The predicted molar refractivity (Wildman–Crippen MR) is 155 cm³/mol. The zero-order valence-electron chi connectivity index (χ0n) is 23.4. The number of nitriles is 1. The number of H-pyrrole nitrogens is 1. The van der Waals surface area contributed by atoms with Crippen molar-refractivity contribution in [2.24, 2.45) is 0 Å². The van der Waals surface area contributed by atoms with E-state index in [1.807, 2.05) is 43.3 Å². The van der Waals surface area contributed by atoms with Gasteiger partial charge >= 0.3 is 5.97 Å². The summed E-state index contributed by atoms with van der Waals surface area (Å²) < 4.78 is 6.36. The summed E-state index contributed by atoms with van der Waals surface area (Å²) in [6.07, 6.45) is 8.22. The lowest BCUT2D eigenvalue weighted by atomic mass is 10.0. The maximum Gasteiger partial charge on any atom is 0.309 e. The molecule has 12 nitrogen and oxygen atoms in total. The van der Waals surface area contributed by atoms with E-state index in [-0.39, 0.29) is 24.0 Å². The van der Waals surface area contributed by atoms with E-state index in [2.05, 4.69) is 42.2 Å². The van der Waals surface area contributed by atoms with Crippen LogP contribution in [0.1, 0.15) is 59.9 Å². The van der Waals surface area contributed by atoms with E-state index in [0.29, 0.717) is 17.9 Å². The van der Waals surface area contributed by atoms with Gasteiger partial charge in [-0.05, 0) is 60.0 Å². The number of carbonyl (C=O) groups is 2. The van der Waals surface area contributed by atoms with Gasteiger partial charge in [-0.1, -0.05) is 36.6 Å². The number of esters is 1. The molecule has 2 aromatic carbocycles. The molecule has 214 valence electrons. The molecule has 3 N–H and O–H groups in total. The van der Waals surface area contributed by atoms with Crippen LogP contribution in [0, 0.1) is 18.3 Å². The van der Waals surface area contributed by atoms with E-state index in [0.717, 1.165) is 59.4 Å². The summed E-state index contributed by atoms with van der Waals surface area (Å²) in [5, 5.41) is 27.8. The number of imidazole rings is 1. The number of hydrogen-bond donors (Lipinski definition) is 3. The average molecular weight is 566 g/mol. The zero-order chi connectivity index (χ0) is 29.5. The Morgan fingerprint density at radius 3 is 2.88 bits per heavy atom. The Labute approximate surface area is 242 Å². The number of aromatic nitrogens is 6. The van der Waals surface area contributed by atoms with E-state index in [9.17, 15) is 14.9 Å². The number of anilines is 1. The molecule has 1 amide bonds. The Bertz CT molecular complexity index is 1650. The van der Waals surface area contributed by atoms with Crippen LogP contribution in [0.5, 0.6) is 0 Å². The molecule has 3 heterocycles. The second-order valence-corrected chi connectivity index (χ2v) is 10.1. The molecule has 2 bridgehead atoms. The second-order valence-electron chi connectivity index (χ2n) is 10.1. The smallest absolute Gasteiger partial charge is 0.309 e. The van der Waals surface area contributed by atoms with E-state index in [1.54, 1.807) is 10.8 Å². The Kier molecular flexibility index (Phi) is 8.67. The number of aryl methyl sites for hydroxylation is 1. The molecule has 0 spiro atoms. The summed E-state index contributed by atoms with van der Waals surface area (Å²) in [6.45, 7) is 2.69. The molecule has 42 heavy (non-hydrogen) atoms. The van der Waals surface area contributed by atoms with Gasteiger partial charge in [0.25, 0.3) is 0 Å². The van der Waals surface area contributed by atoms with Crippen molar-refractivity contribution in [1.29, 1.82) is 5.26 Å². The third kappa shape index (κ3) is 6.52. The number of fused-ring (bicyclic) bond motifs is 4. The van der Waals surface area contributed by atoms with Crippen LogP contribution in [0.3, 0.4) is 0 Å². The van der Waals surface area contributed by atoms with Crippen molar-refractivity contribution in [2.45, 2.75) is 45.1 Å². The van der Waals surface area contributed by atoms with Crippen LogP contribution in [-0.2, 0) is 20.7 Å². The van der Waals surface area contributed by atoms with Gasteiger partial charge < -0.3 is 20.4 Å². The zero-order valence-corrected chi connectivity index (χ0v) is 23.4. The molecule has 0 unspecified atom stereocenters. The lowest BCUT2D eigenvalue weighted by Crippen LogP contribution is -2.28. The van der Waals surface area contributed by atoms with Crippen LogP contribution >= 0.6 is 0 Å². The highest BCUT2D eigenvalue weighted by Gasteiger charge is 2.23. The predicted octanol–water partition coefficient (Wildman–Crippen LogP) is 3.80. The largest absolute Gasteiger partial charge is 0.469 e. The summed E-state index contributed by atoms with van der Waals surface area (Å²) in [5.74, 6) is -0.105. The highest BCUT2D eigenvalue weighted by molar-refractivity contribution is 5.92. The molecule has 5 rings (SSSR count). The monoisotopic (exact) mass is 565 g/mol. The molecular formula is C30H31N9O3. The number of aromatic amines is 1. The number of carbonyl (C=O) groups excluding carboxylic acids is 2. The Morgan fingerprint density at radius 1 is 1.21 bits per heavy atom. The summed E-state index contributed by atoms with van der Waals surface area (Å²) >= 11 is 0. The molecule has 2 aromatic heterocycles. The number of nitrogens with zero attached hydrogens (tertiary/aromatic N) is 6. The first-order valence-corrected chi connectivity index (χ1v) is 13.7. The molecule has 1 aliphatic rings. The minimum atomic E-state index is -0.422. The van der Waals surface area contributed by atoms with Crippen molar-refractivity contribution in [3.63, 3.8) is 0 Å². The molecule has 12 heteroatoms. The SMILES string of the molecule is COC(=O)Cc1ccc2c(c1)NCCCCC[C@H](NC(=O)/C=C/c1cc(C)ccc1-n1cnnn1)c1nc(C#N)c-2[nH]1. The van der Waals surface area contributed by atoms with Gasteiger partial charge in [0.05, 0.1) is 31.0 Å². The Hall–Kier alpha value is -5.31. The molecule has 1 aliphatic heterocycles. The minimum Gasteiger partial charge on any atom is -0.469 e. The molecule has 0 radical (unpaired) electrons. The fourth-order valence-corrected chi connectivity index (χ4v) is 4.96. The third-order valence-electron chi connectivity index (χ3n) is 7.08. The number of amides is 1. The number of ether oxygens (including phenoxy) is 1. The van der Waals surface area contributed by atoms with Crippen LogP contribution in [-0.4, -0.2) is 55.7 Å². The summed E-state index contributed by atoms with van der Waals surface area (Å²) in [7, 11) is 1.36. The maximum atomic E-state index is 13.2. The quantitative estimate of drug-likeness (QED) is 0.233. The Balaban J connectivity index is 1.42. The number of tetrazole rings is 1. The Morgan fingerprint density at radius 2 is 2.10 bits per heavy atom. The van der Waals surface area contributed by atoms with Crippen LogP contribution < -0.4 is 10.6 Å². The molecule has 0 fully saturated rings. The van der Waals surface area contributed by atoms with Crippen LogP contribution in [0.2, 0.25) is 0 Å². The van der Waals surface area contributed by atoms with Gasteiger partial charge in [0.2, 0.25) is 5.91 Å². The summed E-state index contributed by atoms with van der Waals surface area (Å²) in [5.41, 5.74) is 5.71. The van der Waals surface area contributed by atoms with Gasteiger partial charge in [-0.2, -0.15) is 9.94 Å². The van der Waals surface area contributed by atoms with Gasteiger partial charge in [0.1, 0.15) is 18.2 Å². The van der Waals surface area contributed by atoms with Crippen LogP contribution in [0.4, 0.5) is 5.69 Å². The summed E-state index contributed by atoms with van der Waals surface area (Å²) in [4.78, 5) is 32.9. The van der Waals surface area contributed by atoms with E-state index < -0.39 is 6.04 Å². The van der Waals surface area contributed by atoms with Crippen LogP contribution in [0.25, 0.3) is 23.0 Å². The first-order valence-electron chi connectivity index (χ1n) is 13.7. The van der Waals surface area contributed by atoms with Crippen molar-refractivity contribution in [1.82, 2.24) is 35.5 Å². The maximum absolute atomic E-state index is 13.2. The third-order valence-corrected chi connectivity index (χ3v) is 7.08. The second kappa shape index (κ2) is 12.9. The van der Waals surface area contributed by atoms with E-state index >= 15 is 0 Å². The number of methoxy groups -OCH3 is 1. The molecule has 0 saturated heterocycles. The van der Waals surface area contributed by atoms with Gasteiger partial charge in [0.15, 0.2) is 5.69 Å². The number of hydrogen-bond acceptors (Lipinski definition) is 9. The topological polar surface area (TPSA) is 164 Å². The summed E-state index contributed by atoms with van der Waals surface area (Å²) in [6, 6.07) is 13.2. The van der Waals surface area contributed by atoms with Gasteiger partial charge in [-0.25, -0.2) is 4.98 Å². The van der Waals surface area contributed by atoms with Crippen molar-refractivity contribution >= 4 is 23.6 Å². The van der Waals surface area contributed by atoms with Gasteiger partial charge in [-0.3, -0.25) is 9.59 Å². The fourth-order valence-electron chi connectivity index (χ4n) is 4.96. The molecule has 1 atom stereocenters. The molecule has 0 saturated carbocycles. The van der Waals surface area contributed by atoms with E-state index in [1.165, 1.54) is 19.5 Å². The van der Waals surface area contributed by atoms with Gasteiger partial charge in [-0.15, -0.1) is 5.10 Å². The minimum absolute atomic E-state index is 0.145. The van der Waals surface area contributed by atoms with Crippen molar-refractivity contribution in [3.05, 3.63) is 77.0 Å². The van der Waals surface area contributed by atoms with Crippen molar-refractivity contribution < 1.29 is 14.3 Å². The highest BCUT2D eigenvalue weighted by Crippen LogP contribution is 2.33. The highest BCUT2D eigenvalue weighted by atomic mass is 16.5. The number of nitrogens with one attached hydrogen (secondary N) is 3. The normalized spacial score (nSPS) is 15.0. The lowest BCUT2D eigenvalue weighted by molar-refractivity contribution is -0.139. The van der Waals surface area contributed by atoms with E-state index in [4.69, 9.17) is 4.74 Å². The first kappa shape index (κ1) is 28.2.